The number of fused-ring (bicyclic) bond motifs is 1. The van der Waals surface area contributed by atoms with Crippen LogP contribution < -0.4 is 9.80 Å². The van der Waals surface area contributed by atoms with Gasteiger partial charge in [0.2, 0.25) is 0 Å². The topological polar surface area (TPSA) is 36.7 Å². The zero-order valence-corrected chi connectivity index (χ0v) is 19.7. The minimum Gasteiger partial charge on any atom is -0.363 e. The van der Waals surface area contributed by atoms with Crippen molar-refractivity contribution in [1.82, 2.24) is 14.6 Å². The third-order valence-corrected chi connectivity index (χ3v) is 7.01. The fraction of sp³-hybridized carbons (Fsp3) is 0.500. The highest BCUT2D eigenvalue weighted by Crippen LogP contribution is 2.47. The Kier molecular flexibility index (Phi) is 4.73. The van der Waals surface area contributed by atoms with Crippen LogP contribution in [0.1, 0.15) is 42.5 Å². The lowest BCUT2D eigenvalue weighted by atomic mass is 10.0. The quantitative estimate of drug-likeness (QED) is 0.509. The Bertz CT molecular complexity index is 1090. The van der Waals surface area contributed by atoms with Crippen molar-refractivity contribution in [2.24, 2.45) is 0 Å². The molecule has 0 bridgehead atoms. The average molecular weight is 422 g/mol. The summed E-state index contributed by atoms with van der Waals surface area (Å²) in [4.78, 5) is 9.64. The van der Waals surface area contributed by atoms with Crippen LogP contribution in [0.15, 0.2) is 23.2 Å². The fourth-order valence-corrected chi connectivity index (χ4v) is 5.19. The van der Waals surface area contributed by atoms with Gasteiger partial charge in [0.15, 0.2) is 0 Å². The number of pyridine rings is 2. The summed E-state index contributed by atoms with van der Waals surface area (Å²) in [5.41, 5.74) is 8.54. The molecule has 0 unspecified atom stereocenters. The standard InChI is InChI=1S/C24H31N5S/c1-14-7-12-19(21-15(2)13-20(27(4)5)25-16(21)3)29-22(14)23(24(26-29)30-6)28(17-8-9-17)18-10-11-18/h7,12-13,17-18H,8-11H2,1-6H3. The normalized spacial score (nSPS) is 16.3. The van der Waals surface area contributed by atoms with Gasteiger partial charge in [0, 0.05) is 37.4 Å². The highest BCUT2D eigenvalue weighted by molar-refractivity contribution is 7.98. The van der Waals surface area contributed by atoms with Gasteiger partial charge < -0.3 is 9.80 Å². The van der Waals surface area contributed by atoms with Crippen LogP contribution in [0.3, 0.4) is 0 Å². The second-order valence-electron chi connectivity index (χ2n) is 9.04. The molecule has 0 N–H and O–H groups in total. The van der Waals surface area contributed by atoms with E-state index in [1.807, 2.05) is 14.1 Å². The minimum atomic E-state index is 0.698. The Labute approximate surface area is 183 Å². The van der Waals surface area contributed by atoms with E-state index in [2.05, 4.69) is 59.5 Å². The highest BCUT2D eigenvalue weighted by Gasteiger charge is 2.42. The van der Waals surface area contributed by atoms with Gasteiger partial charge in [-0.2, -0.15) is 5.10 Å². The molecule has 3 heterocycles. The molecule has 0 aliphatic heterocycles. The van der Waals surface area contributed by atoms with Crippen LogP contribution in [-0.4, -0.2) is 47.0 Å². The molecule has 0 atom stereocenters. The molecule has 0 spiro atoms. The van der Waals surface area contributed by atoms with Gasteiger partial charge in [-0.05, 0) is 76.0 Å². The first kappa shape index (κ1) is 19.7. The molecule has 3 aromatic rings. The lowest BCUT2D eigenvalue weighted by molar-refractivity contribution is 0.781. The van der Waals surface area contributed by atoms with Crippen LogP contribution in [-0.2, 0) is 0 Å². The van der Waals surface area contributed by atoms with Crippen molar-refractivity contribution in [2.75, 3.05) is 30.2 Å². The van der Waals surface area contributed by atoms with Crippen molar-refractivity contribution in [2.45, 2.75) is 63.6 Å². The van der Waals surface area contributed by atoms with E-state index >= 15 is 0 Å². The molecule has 0 aromatic carbocycles. The van der Waals surface area contributed by atoms with E-state index in [9.17, 15) is 0 Å². The van der Waals surface area contributed by atoms with E-state index in [1.165, 1.54) is 53.6 Å². The fourth-order valence-electron chi connectivity index (χ4n) is 4.63. The summed E-state index contributed by atoms with van der Waals surface area (Å²) in [5, 5.41) is 6.30. The zero-order valence-electron chi connectivity index (χ0n) is 18.9. The van der Waals surface area contributed by atoms with Crippen LogP contribution in [0.4, 0.5) is 11.5 Å². The second kappa shape index (κ2) is 7.19. The maximum atomic E-state index is 5.15. The third-order valence-electron chi connectivity index (χ3n) is 6.35. The summed E-state index contributed by atoms with van der Waals surface area (Å²) < 4.78 is 2.20. The highest BCUT2D eigenvalue weighted by atomic mass is 32.2. The molecular formula is C24H31N5S. The van der Waals surface area contributed by atoms with E-state index < -0.39 is 0 Å². The first-order chi connectivity index (χ1) is 14.4. The molecule has 3 aromatic heterocycles. The number of aryl methyl sites for hydroxylation is 3. The maximum Gasteiger partial charge on any atom is 0.142 e. The first-order valence-corrected chi connectivity index (χ1v) is 12.1. The molecule has 30 heavy (non-hydrogen) atoms. The number of anilines is 2. The van der Waals surface area contributed by atoms with Crippen molar-refractivity contribution >= 4 is 28.8 Å². The van der Waals surface area contributed by atoms with Gasteiger partial charge in [-0.25, -0.2) is 9.50 Å². The zero-order chi connectivity index (χ0) is 21.2. The van der Waals surface area contributed by atoms with E-state index in [0.29, 0.717) is 12.1 Å². The van der Waals surface area contributed by atoms with E-state index in [-0.39, 0.29) is 0 Å². The Hall–Kier alpha value is -2.21. The van der Waals surface area contributed by atoms with Crippen LogP contribution >= 0.6 is 11.8 Å². The number of hydrogen-bond acceptors (Lipinski definition) is 5. The van der Waals surface area contributed by atoms with Crippen LogP contribution in [0.2, 0.25) is 0 Å². The van der Waals surface area contributed by atoms with Gasteiger partial charge in [0.05, 0.1) is 16.9 Å². The molecule has 2 aliphatic rings. The van der Waals surface area contributed by atoms with Crippen molar-refractivity contribution in [3.8, 4) is 11.3 Å². The van der Waals surface area contributed by atoms with E-state index in [4.69, 9.17) is 10.1 Å². The maximum absolute atomic E-state index is 5.15. The van der Waals surface area contributed by atoms with Crippen molar-refractivity contribution < 1.29 is 0 Å². The lowest BCUT2D eigenvalue weighted by Gasteiger charge is -2.25. The van der Waals surface area contributed by atoms with Gasteiger partial charge in [0.1, 0.15) is 10.8 Å². The number of hydrogen-bond donors (Lipinski definition) is 0. The van der Waals surface area contributed by atoms with E-state index in [1.54, 1.807) is 11.8 Å². The molecule has 6 heteroatoms. The Balaban J connectivity index is 1.75. The third kappa shape index (κ3) is 3.16. The van der Waals surface area contributed by atoms with Crippen molar-refractivity contribution in [3.05, 3.63) is 35.0 Å². The summed E-state index contributed by atoms with van der Waals surface area (Å²) >= 11 is 1.77. The van der Waals surface area contributed by atoms with Crippen LogP contribution in [0.5, 0.6) is 0 Å². The number of aromatic nitrogens is 3. The molecule has 0 radical (unpaired) electrons. The molecule has 2 saturated carbocycles. The largest absolute Gasteiger partial charge is 0.363 e. The molecule has 158 valence electrons. The summed E-state index contributed by atoms with van der Waals surface area (Å²) in [6.07, 6.45) is 7.41. The first-order valence-electron chi connectivity index (χ1n) is 10.9. The summed E-state index contributed by atoms with van der Waals surface area (Å²) in [6.45, 7) is 6.52. The van der Waals surface area contributed by atoms with Crippen molar-refractivity contribution in [1.29, 1.82) is 0 Å². The smallest absolute Gasteiger partial charge is 0.142 e. The van der Waals surface area contributed by atoms with Gasteiger partial charge in [-0.3, -0.25) is 0 Å². The minimum absolute atomic E-state index is 0.698. The predicted octanol–water partition coefficient (Wildman–Crippen LogP) is 5.24. The number of nitrogens with zero attached hydrogens (tertiary/aromatic N) is 5. The number of thioether (sulfide) groups is 1. The predicted molar refractivity (Wildman–Crippen MR) is 127 cm³/mol. The molecule has 2 fully saturated rings. The summed E-state index contributed by atoms with van der Waals surface area (Å²) in [5.74, 6) is 0.997. The van der Waals surface area contributed by atoms with Crippen LogP contribution in [0.25, 0.3) is 16.8 Å². The summed E-state index contributed by atoms with van der Waals surface area (Å²) in [6, 6.07) is 8.05. The monoisotopic (exact) mass is 421 g/mol. The Morgan fingerprint density at radius 2 is 1.67 bits per heavy atom. The molecule has 5 rings (SSSR count). The number of rotatable bonds is 6. The lowest BCUT2D eigenvalue weighted by Crippen LogP contribution is -2.28. The van der Waals surface area contributed by atoms with Gasteiger partial charge in [-0.15, -0.1) is 11.8 Å². The Morgan fingerprint density at radius 1 is 1.00 bits per heavy atom. The SMILES string of the molecule is CSc1nn2c(-c3c(C)cc(N(C)C)nc3C)ccc(C)c2c1N(C1CC1)C1CC1. The van der Waals surface area contributed by atoms with E-state index in [0.717, 1.165) is 22.2 Å². The van der Waals surface area contributed by atoms with Gasteiger partial charge >= 0.3 is 0 Å². The molecule has 0 amide bonds. The second-order valence-corrected chi connectivity index (χ2v) is 9.84. The molecule has 5 nitrogen and oxygen atoms in total. The Morgan fingerprint density at radius 3 is 2.20 bits per heavy atom. The molecule has 0 saturated heterocycles. The van der Waals surface area contributed by atoms with Crippen LogP contribution in [0, 0.1) is 20.8 Å². The van der Waals surface area contributed by atoms with Gasteiger partial charge in [-0.1, -0.05) is 6.07 Å². The molecule has 2 aliphatic carbocycles. The molecular weight excluding hydrogens is 390 g/mol. The average Bonchev–Trinajstić information content (AvgIpc) is 3.62. The summed E-state index contributed by atoms with van der Waals surface area (Å²) in [7, 11) is 4.08. The van der Waals surface area contributed by atoms with Crippen molar-refractivity contribution in [3.63, 3.8) is 0 Å². The van der Waals surface area contributed by atoms with Gasteiger partial charge in [0.25, 0.3) is 0 Å².